The van der Waals surface area contributed by atoms with Crippen molar-refractivity contribution < 1.29 is 4.74 Å². The van der Waals surface area contributed by atoms with Gasteiger partial charge in [-0.2, -0.15) is 0 Å². The first-order valence-corrected chi connectivity index (χ1v) is 4.83. The van der Waals surface area contributed by atoms with Gasteiger partial charge in [0.05, 0.1) is 7.11 Å². The highest BCUT2D eigenvalue weighted by molar-refractivity contribution is 5.35. The molecule has 2 aromatic rings. The molecule has 0 amide bonds. The van der Waals surface area contributed by atoms with Gasteiger partial charge in [-0.15, -0.1) is 0 Å². The number of nitrogens with zero attached hydrogens (tertiary/aromatic N) is 1. The first kappa shape index (κ1) is 9.71. The third kappa shape index (κ3) is 2.34. The van der Waals surface area contributed by atoms with Gasteiger partial charge in [-0.25, -0.2) is 0 Å². The number of hydrogen-bond donors (Lipinski definition) is 0. The minimum atomic E-state index is 0.790. The predicted molar refractivity (Wildman–Crippen MR) is 58.9 cm³/mol. The molecule has 0 atom stereocenters. The average molecular weight is 198 g/mol. The van der Waals surface area contributed by atoms with E-state index in [0.717, 1.165) is 23.4 Å². The lowest BCUT2D eigenvalue weighted by molar-refractivity contribution is 0.410. The van der Waals surface area contributed by atoms with E-state index < -0.39 is 0 Å². The van der Waals surface area contributed by atoms with Crippen molar-refractivity contribution in [3.63, 3.8) is 0 Å². The molecule has 0 aliphatic rings. The van der Waals surface area contributed by atoms with Gasteiger partial charge >= 0.3 is 0 Å². The van der Waals surface area contributed by atoms with Crippen LogP contribution < -0.4 is 4.74 Å². The van der Waals surface area contributed by atoms with Crippen LogP contribution in [-0.2, 0) is 6.42 Å². The minimum absolute atomic E-state index is 0.790. The van der Waals surface area contributed by atoms with Crippen LogP contribution in [0, 0.1) is 6.07 Å². The zero-order valence-corrected chi connectivity index (χ0v) is 8.60. The molecule has 1 aromatic heterocycles. The van der Waals surface area contributed by atoms with Gasteiger partial charge in [0.2, 0.25) is 0 Å². The Morgan fingerprint density at radius 3 is 3.00 bits per heavy atom. The summed E-state index contributed by atoms with van der Waals surface area (Å²) in [5, 5.41) is 0. The molecule has 0 spiro atoms. The molecule has 2 heteroatoms. The number of hydrogen-bond acceptors (Lipinski definition) is 2. The molecule has 0 aliphatic carbocycles. The van der Waals surface area contributed by atoms with E-state index in [9.17, 15) is 0 Å². The largest absolute Gasteiger partial charge is 0.496 e. The number of methoxy groups -OCH3 is 1. The molecule has 0 saturated heterocycles. The zero-order valence-electron chi connectivity index (χ0n) is 8.60. The van der Waals surface area contributed by atoms with Gasteiger partial charge in [-0.1, -0.05) is 18.2 Å². The Hall–Kier alpha value is -1.83. The van der Waals surface area contributed by atoms with E-state index in [1.54, 1.807) is 13.3 Å². The van der Waals surface area contributed by atoms with Crippen LogP contribution in [0.25, 0.3) is 0 Å². The van der Waals surface area contributed by atoms with E-state index in [4.69, 9.17) is 4.74 Å². The lowest BCUT2D eigenvalue weighted by atomic mass is 10.1. The Kier molecular flexibility index (Phi) is 2.98. The van der Waals surface area contributed by atoms with Gasteiger partial charge in [0.1, 0.15) is 5.75 Å². The fraction of sp³-hybridized carbons (Fsp3) is 0.154. The molecule has 1 radical (unpaired) electrons. The summed E-state index contributed by atoms with van der Waals surface area (Å²) in [7, 11) is 1.67. The normalized spacial score (nSPS) is 9.93. The van der Waals surface area contributed by atoms with Crippen LogP contribution in [0.2, 0.25) is 0 Å². The maximum Gasteiger partial charge on any atom is 0.123 e. The second-order valence-corrected chi connectivity index (χ2v) is 3.24. The van der Waals surface area contributed by atoms with Crippen LogP contribution in [0.1, 0.15) is 11.3 Å². The van der Waals surface area contributed by atoms with Crippen LogP contribution >= 0.6 is 0 Å². The van der Waals surface area contributed by atoms with Gasteiger partial charge in [-0.3, -0.25) is 4.98 Å². The third-order valence-electron chi connectivity index (χ3n) is 2.23. The Morgan fingerprint density at radius 1 is 1.33 bits per heavy atom. The van der Waals surface area contributed by atoms with Gasteiger partial charge in [0.25, 0.3) is 0 Å². The molecule has 0 aliphatic heterocycles. The van der Waals surface area contributed by atoms with Crippen molar-refractivity contribution >= 4 is 0 Å². The summed E-state index contributed by atoms with van der Waals surface area (Å²) in [6.45, 7) is 0. The van der Waals surface area contributed by atoms with Crippen molar-refractivity contribution in [2.75, 3.05) is 7.11 Å². The van der Waals surface area contributed by atoms with Crippen molar-refractivity contribution in [1.82, 2.24) is 4.98 Å². The summed E-state index contributed by atoms with van der Waals surface area (Å²) in [4.78, 5) is 4.28. The Morgan fingerprint density at radius 2 is 2.27 bits per heavy atom. The summed E-state index contributed by atoms with van der Waals surface area (Å²) in [6, 6.07) is 14.7. The number of ether oxygens (including phenoxy) is 1. The van der Waals surface area contributed by atoms with E-state index in [-0.39, 0.29) is 0 Å². The van der Waals surface area contributed by atoms with Gasteiger partial charge in [0.15, 0.2) is 0 Å². The fourth-order valence-electron chi connectivity index (χ4n) is 1.48. The smallest absolute Gasteiger partial charge is 0.123 e. The molecule has 0 saturated carbocycles. The second-order valence-electron chi connectivity index (χ2n) is 3.24. The third-order valence-corrected chi connectivity index (χ3v) is 2.23. The standard InChI is InChI=1S/C13H12NO/c1-15-13-8-3-2-6-11(13)10-12-7-4-5-9-14-12/h2,4-9H,10H2,1H3. The number of aromatic nitrogens is 1. The predicted octanol–water partition coefficient (Wildman–Crippen LogP) is 2.48. The molecule has 15 heavy (non-hydrogen) atoms. The van der Waals surface area contributed by atoms with Gasteiger partial charge < -0.3 is 4.74 Å². The first-order chi connectivity index (χ1) is 7.40. The fourth-order valence-corrected chi connectivity index (χ4v) is 1.48. The second kappa shape index (κ2) is 4.60. The zero-order chi connectivity index (χ0) is 10.5. The Balaban J connectivity index is 2.24. The van der Waals surface area contributed by atoms with E-state index in [2.05, 4.69) is 11.1 Å². The van der Waals surface area contributed by atoms with Crippen LogP contribution in [-0.4, -0.2) is 12.1 Å². The lowest BCUT2D eigenvalue weighted by Gasteiger charge is -2.06. The highest BCUT2D eigenvalue weighted by atomic mass is 16.5. The monoisotopic (exact) mass is 198 g/mol. The van der Waals surface area contributed by atoms with Crippen LogP contribution in [0.3, 0.4) is 0 Å². The van der Waals surface area contributed by atoms with Gasteiger partial charge in [-0.05, 0) is 24.3 Å². The lowest BCUT2D eigenvalue weighted by Crippen LogP contribution is -1.95. The molecule has 1 aromatic carbocycles. The highest BCUT2D eigenvalue weighted by Crippen LogP contribution is 2.19. The summed E-state index contributed by atoms with van der Waals surface area (Å²) in [6.07, 6.45) is 2.59. The highest BCUT2D eigenvalue weighted by Gasteiger charge is 2.02. The molecule has 0 N–H and O–H groups in total. The molecule has 75 valence electrons. The molecule has 0 fully saturated rings. The van der Waals surface area contributed by atoms with Crippen molar-refractivity contribution in [3.8, 4) is 5.75 Å². The minimum Gasteiger partial charge on any atom is -0.496 e. The Labute approximate surface area is 89.6 Å². The van der Waals surface area contributed by atoms with Crippen LogP contribution in [0.15, 0.2) is 42.6 Å². The summed E-state index contributed by atoms with van der Waals surface area (Å²) >= 11 is 0. The van der Waals surface area contributed by atoms with E-state index in [1.165, 1.54) is 0 Å². The summed E-state index contributed by atoms with van der Waals surface area (Å²) < 4.78 is 5.26. The topological polar surface area (TPSA) is 22.1 Å². The maximum atomic E-state index is 5.26. The molecule has 1 heterocycles. The average Bonchev–Trinajstić information content (AvgIpc) is 2.31. The summed E-state index contributed by atoms with van der Waals surface area (Å²) in [5.74, 6) is 0.864. The maximum absolute atomic E-state index is 5.26. The molecular formula is C13H12NO. The molecule has 2 rings (SSSR count). The van der Waals surface area contributed by atoms with Crippen LogP contribution in [0.4, 0.5) is 0 Å². The molecule has 0 unspecified atom stereocenters. The molecular weight excluding hydrogens is 186 g/mol. The number of pyridine rings is 1. The number of rotatable bonds is 3. The van der Waals surface area contributed by atoms with Crippen LogP contribution in [0.5, 0.6) is 5.75 Å². The van der Waals surface area contributed by atoms with E-state index in [0.29, 0.717) is 0 Å². The summed E-state index contributed by atoms with van der Waals surface area (Å²) in [5.41, 5.74) is 2.18. The first-order valence-electron chi connectivity index (χ1n) is 4.83. The molecule has 0 bridgehead atoms. The SMILES string of the molecule is COc1c[c]ccc1Cc1ccccn1. The van der Waals surface area contributed by atoms with Crippen molar-refractivity contribution in [3.05, 3.63) is 59.9 Å². The molecule has 2 nitrogen and oxygen atoms in total. The van der Waals surface area contributed by atoms with E-state index in [1.807, 2.05) is 36.4 Å². The van der Waals surface area contributed by atoms with Gasteiger partial charge in [0, 0.05) is 23.9 Å². The quantitative estimate of drug-likeness (QED) is 0.755. The van der Waals surface area contributed by atoms with Crippen molar-refractivity contribution in [1.29, 1.82) is 0 Å². The number of benzene rings is 1. The van der Waals surface area contributed by atoms with E-state index >= 15 is 0 Å². The Bertz CT molecular complexity index is 426. The van der Waals surface area contributed by atoms with Crippen molar-refractivity contribution in [2.45, 2.75) is 6.42 Å². The van der Waals surface area contributed by atoms with Crippen molar-refractivity contribution in [2.24, 2.45) is 0 Å².